The topological polar surface area (TPSA) is 27.7 Å². The van der Waals surface area contributed by atoms with Gasteiger partial charge in [0, 0.05) is 7.11 Å². The molecule has 0 saturated carbocycles. The molecule has 74 valence electrons. The highest BCUT2D eigenvalue weighted by Gasteiger charge is 2.09. The first-order chi connectivity index (χ1) is 5.74. The predicted molar refractivity (Wildman–Crippen MR) is 51.7 cm³/mol. The van der Waals surface area contributed by atoms with E-state index in [2.05, 4.69) is 13.8 Å². The van der Waals surface area contributed by atoms with Gasteiger partial charge in [-0.25, -0.2) is 0 Å². The van der Waals surface area contributed by atoms with E-state index in [1.54, 1.807) is 7.11 Å². The van der Waals surface area contributed by atoms with E-state index in [0.717, 1.165) is 12.5 Å². The lowest BCUT2D eigenvalue weighted by Crippen LogP contribution is -2.24. The van der Waals surface area contributed by atoms with Gasteiger partial charge < -0.3 is 13.9 Å². The van der Waals surface area contributed by atoms with Gasteiger partial charge in [0.25, 0.3) is 0 Å². The monoisotopic (exact) mass is 192 g/mol. The highest BCUT2D eigenvalue weighted by molar-refractivity contribution is 6.26. The number of ether oxygens (including phenoxy) is 2. The van der Waals surface area contributed by atoms with Crippen LogP contribution in [0.2, 0.25) is 6.04 Å². The largest absolute Gasteiger partial charge is 0.400 e. The molecule has 0 fully saturated rings. The Hall–Kier alpha value is 0.0969. The number of hydrogen-bond acceptors (Lipinski definition) is 3. The third-order valence-corrected chi connectivity index (χ3v) is 2.53. The Balaban J connectivity index is 3.51. The molecule has 0 saturated heterocycles. The van der Waals surface area contributed by atoms with E-state index in [1.165, 1.54) is 0 Å². The molecule has 0 aliphatic rings. The second kappa shape index (κ2) is 7.73. The molecule has 3 nitrogen and oxygen atoms in total. The zero-order chi connectivity index (χ0) is 9.40. The van der Waals surface area contributed by atoms with E-state index in [9.17, 15) is 0 Å². The van der Waals surface area contributed by atoms with Crippen molar-refractivity contribution in [2.45, 2.75) is 45.8 Å². The summed E-state index contributed by atoms with van der Waals surface area (Å²) in [6.45, 7) is 6.06. The third-order valence-electron chi connectivity index (χ3n) is 1.52. The first-order valence-corrected chi connectivity index (χ1v) is 6.12. The third kappa shape index (κ3) is 5.71. The van der Waals surface area contributed by atoms with Gasteiger partial charge >= 0.3 is 0 Å². The standard InChI is InChI=1S/C8H20O3Si/c1-5-8(11-12-6-2)10-7(3)9-4/h7-8H,5-6,12H2,1-4H3. The lowest BCUT2D eigenvalue weighted by Gasteiger charge is -2.20. The Morgan fingerprint density at radius 2 is 2.00 bits per heavy atom. The molecule has 2 atom stereocenters. The lowest BCUT2D eigenvalue weighted by molar-refractivity contribution is -0.201. The molecule has 0 aliphatic heterocycles. The van der Waals surface area contributed by atoms with Crippen molar-refractivity contribution in [1.82, 2.24) is 0 Å². The van der Waals surface area contributed by atoms with Crippen LogP contribution in [0.3, 0.4) is 0 Å². The maximum absolute atomic E-state index is 5.55. The fraction of sp³-hybridized carbons (Fsp3) is 1.00. The van der Waals surface area contributed by atoms with Crippen molar-refractivity contribution >= 4 is 9.76 Å². The zero-order valence-corrected chi connectivity index (χ0v) is 9.91. The summed E-state index contributed by atoms with van der Waals surface area (Å²) in [5, 5.41) is 0. The van der Waals surface area contributed by atoms with Gasteiger partial charge in [-0.15, -0.1) is 0 Å². The van der Waals surface area contributed by atoms with Gasteiger partial charge in [0.05, 0.1) is 0 Å². The van der Waals surface area contributed by atoms with E-state index < -0.39 is 0 Å². The zero-order valence-electron chi connectivity index (χ0n) is 8.50. The normalized spacial score (nSPS) is 17.0. The van der Waals surface area contributed by atoms with E-state index >= 15 is 0 Å². The Morgan fingerprint density at radius 3 is 2.42 bits per heavy atom. The smallest absolute Gasteiger partial charge is 0.164 e. The van der Waals surface area contributed by atoms with Gasteiger partial charge in [0.15, 0.2) is 16.1 Å². The van der Waals surface area contributed by atoms with E-state index in [0.29, 0.717) is 0 Å². The molecule has 0 aliphatic carbocycles. The van der Waals surface area contributed by atoms with Gasteiger partial charge in [0.1, 0.15) is 6.29 Å². The van der Waals surface area contributed by atoms with Gasteiger partial charge in [-0.3, -0.25) is 0 Å². The van der Waals surface area contributed by atoms with Crippen LogP contribution in [0, 0.1) is 0 Å². The number of rotatable bonds is 7. The molecule has 0 aromatic carbocycles. The minimum Gasteiger partial charge on any atom is -0.400 e. The molecule has 0 rings (SSSR count). The molecule has 0 spiro atoms. The van der Waals surface area contributed by atoms with Crippen molar-refractivity contribution in [3.8, 4) is 0 Å². The van der Waals surface area contributed by atoms with Gasteiger partial charge in [0.2, 0.25) is 0 Å². The molecule has 0 N–H and O–H groups in total. The molecule has 0 amide bonds. The van der Waals surface area contributed by atoms with Crippen molar-refractivity contribution in [1.29, 1.82) is 0 Å². The van der Waals surface area contributed by atoms with Crippen molar-refractivity contribution < 1.29 is 13.9 Å². The number of methoxy groups -OCH3 is 1. The van der Waals surface area contributed by atoms with Crippen molar-refractivity contribution in [3.05, 3.63) is 0 Å². The van der Waals surface area contributed by atoms with Crippen LogP contribution in [-0.4, -0.2) is 29.5 Å². The minimum atomic E-state index is -0.368. The molecule has 4 heteroatoms. The SMILES string of the molecule is CC[SiH2]OC(CC)OC(C)OC. The van der Waals surface area contributed by atoms with Crippen LogP contribution < -0.4 is 0 Å². The van der Waals surface area contributed by atoms with E-state index in [1.807, 2.05) is 6.92 Å². The molecule has 2 unspecified atom stereocenters. The molecule has 0 aromatic heterocycles. The fourth-order valence-electron chi connectivity index (χ4n) is 0.772. The van der Waals surface area contributed by atoms with Crippen molar-refractivity contribution in [3.63, 3.8) is 0 Å². The Bertz CT molecular complexity index is 100. The molecule has 12 heavy (non-hydrogen) atoms. The van der Waals surface area contributed by atoms with Gasteiger partial charge in [-0.05, 0) is 19.4 Å². The maximum Gasteiger partial charge on any atom is 0.164 e. The van der Waals surface area contributed by atoms with Gasteiger partial charge in [-0.1, -0.05) is 13.8 Å². The first kappa shape index (κ1) is 12.1. The maximum atomic E-state index is 5.55. The summed E-state index contributed by atoms with van der Waals surface area (Å²) in [6.07, 6.45) is 0.660. The second-order valence-corrected chi connectivity index (χ2v) is 4.39. The summed E-state index contributed by atoms with van der Waals surface area (Å²) in [4.78, 5) is 0. The lowest BCUT2D eigenvalue weighted by atomic mass is 10.5. The molecular weight excluding hydrogens is 172 g/mol. The van der Waals surface area contributed by atoms with Crippen LogP contribution in [0.4, 0.5) is 0 Å². The Kier molecular flexibility index (Phi) is 7.79. The highest BCUT2D eigenvalue weighted by Crippen LogP contribution is 2.04. The average Bonchev–Trinajstić information content (AvgIpc) is 2.11. The van der Waals surface area contributed by atoms with Crippen LogP contribution in [0.25, 0.3) is 0 Å². The quantitative estimate of drug-likeness (QED) is 0.449. The summed E-state index contributed by atoms with van der Waals surface area (Å²) < 4.78 is 16.0. The van der Waals surface area contributed by atoms with Gasteiger partial charge in [-0.2, -0.15) is 0 Å². The molecular formula is C8H20O3Si. The number of hydrogen-bond donors (Lipinski definition) is 0. The summed E-state index contributed by atoms with van der Waals surface area (Å²) in [5.41, 5.74) is 0. The summed E-state index contributed by atoms with van der Waals surface area (Å²) in [7, 11) is 1.27. The molecule has 0 radical (unpaired) electrons. The van der Waals surface area contributed by atoms with Crippen LogP contribution in [-0.2, 0) is 13.9 Å². The predicted octanol–water partition coefficient (Wildman–Crippen LogP) is 1.27. The summed E-state index contributed by atoms with van der Waals surface area (Å²) in [6, 6.07) is 1.15. The van der Waals surface area contributed by atoms with E-state index in [-0.39, 0.29) is 22.3 Å². The highest BCUT2D eigenvalue weighted by atomic mass is 28.2. The minimum absolute atomic E-state index is 0.0634. The van der Waals surface area contributed by atoms with Crippen LogP contribution in [0.15, 0.2) is 0 Å². The van der Waals surface area contributed by atoms with Crippen LogP contribution in [0.1, 0.15) is 27.2 Å². The fourth-order valence-corrected chi connectivity index (χ4v) is 1.58. The average molecular weight is 192 g/mol. The molecule has 0 aromatic rings. The van der Waals surface area contributed by atoms with Crippen LogP contribution in [0.5, 0.6) is 0 Å². The first-order valence-electron chi connectivity index (χ1n) is 4.54. The second-order valence-electron chi connectivity index (χ2n) is 2.65. The Labute approximate surface area is 77.3 Å². The summed E-state index contributed by atoms with van der Waals surface area (Å²) >= 11 is 0. The van der Waals surface area contributed by atoms with E-state index in [4.69, 9.17) is 13.9 Å². The Morgan fingerprint density at radius 1 is 1.33 bits per heavy atom. The molecule has 0 heterocycles. The summed E-state index contributed by atoms with van der Waals surface area (Å²) in [5.74, 6) is 0. The van der Waals surface area contributed by atoms with Crippen molar-refractivity contribution in [2.24, 2.45) is 0 Å². The molecule has 0 bridgehead atoms. The van der Waals surface area contributed by atoms with Crippen molar-refractivity contribution in [2.75, 3.05) is 7.11 Å². The van der Waals surface area contributed by atoms with Crippen LogP contribution >= 0.6 is 0 Å².